The summed E-state index contributed by atoms with van der Waals surface area (Å²) in [5, 5.41) is 8.79. The summed E-state index contributed by atoms with van der Waals surface area (Å²) in [7, 11) is -1.85. The van der Waals surface area contributed by atoms with Crippen LogP contribution in [0.5, 0.6) is 0 Å². The molecule has 0 amide bonds. The predicted molar refractivity (Wildman–Crippen MR) is 59.4 cm³/mol. The molecule has 0 aliphatic heterocycles. The van der Waals surface area contributed by atoms with Crippen molar-refractivity contribution in [2.45, 2.75) is 38.9 Å². The Labute approximate surface area is 85.6 Å². The monoisotopic (exact) mass is 204 g/mol. The van der Waals surface area contributed by atoms with Crippen molar-refractivity contribution < 1.29 is 12.3 Å². The Morgan fingerprint density at radius 3 is 2.31 bits per heavy atom. The van der Waals surface area contributed by atoms with Gasteiger partial charge in [-0.25, -0.2) is 0 Å². The minimum atomic E-state index is -1.85. The van der Waals surface area contributed by atoms with E-state index >= 15 is 0 Å². The quantitative estimate of drug-likeness (QED) is 0.563. The van der Waals surface area contributed by atoms with E-state index in [1.165, 1.54) is 0 Å². The van der Waals surface area contributed by atoms with Gasteiger partial charge < -0.3 is 9.53 Å². The first-order chi connectivity index (χ1) is 6.62. The molecular formula is C10H22O2Si. The Morgan fingerprint density at radius 1 is 1.38 bits per heavy atom. The number of hydrogen-bond donors (Lipinski definition) is 1. The Kier molecular flexibility index (Phi) is 3.58. The summed E-state index contributed by atoms with van der Waals surface area (Å²) in [5.74, 6) is 0. The summed E-state index contributed by atoms with van der Waals surface area (Å²) in [4.78, 5) is 0. The fourth-order valence-electron chi connectivity index (χ4n) is 0.540. The van der Waals surface area contributed by atoms with Crippen molar-refractivity contribution in [3.8, 4) is 0 Å². The van der Waals surface area contributed by atoms with E-state index in [1.807, 2.05) is 0 Å². The van der Waals surface area contributed by atoms with Gasteiger partial charge in [-0.15, -0.1) is 0 Å². The maximum Gasteiger partial charge on any atom is 0.192 e. The molecule has 13 heavy (non-hydrogen) atoms. The van der Waals surface area contributed by atoms with Gasteiger partial charge in [0.15, 0.2) is 8.32 Å². The second kappa shape index (κ2) is 4.93. The Bertz CT molecular complexity index is 244. The lowest BCUT2D eigenvalue weighted by molar-refractivity contribution is 0.321. The fraction of sp³-hybridized carbons (Fsp3) is 0.800. The third-order valence-electron chi connectivity index (χ3n) is 2.52. The first-order valence-corrected chi connectivity index (χ1v) is 7.42. The highest BCUT2D eigenvalue weighted by molar-refractivity contribution is 6.74. The summed E-state index contributed by atoms with van der Waals surface area (Å²) in [6.45, 7) is 10.3. The molecule has 2 nitrogen and oxygen atoms in total. The van der Waals surface area contributed by atoms with Gasteiger partial charge in [0.05, 0.1) is 16.0 Å². The molecule has 0 unspecified atom stereocenters. The molecule has 0 aromatic rings. The van der Waals surface area contributed by atoms with E-state index in [9.17, 15) is 0 Å². The third-order valence-corrected chi connectivity index (χ3v) is 6.99. The van der Waals surface area contributed by atoms with Crippen molar-refractivity contribution >= 4 is 8.32 Å². The van der Waals surface area contributed by atoms with Gasteiger partial charge in [0.2, 0.25) is 0 Å². The Balaban J connectivity index is 4.41. The highest BCUT2D eigenvalue weighted by Gasteiger charge is 2.36. The van der Waals surface area contributed by atoms with Gasteiger partial charge >= 0.3 is 0 Å². The van der Waals surface area contributed by atoms with Crippen molar-refractivity contribution in [3.63, 3.8) is 0 Å². The van der Waals surface area contributed by atoms with Gasteiger partial charge in [-0.3, -0.25) is 0 Å². The van der Waals surface area contributed by atoms with Crippen LogP contribution >= 0.6 is 0 Å². The van der Waals surface area contributed by atoms with Crippen molar-refractivity contribution in [1.29, 1.82) is 0 Å². The van der Waals surface area contributed by atoms with Crippen LogP contribution < -0.4 is 0 Å². The minimum Gasteiger partial charge on any atom is -0.413 e. The number of aliphatic hydroxyl groups excluding tert-OH is 1. The topological polar surface area (TPSA) is 29.5 Å². The molecule has 1 N–H and O–H groups in total. The van der Waals surface area contributed by atoms with Gasteiger partial charge in [0, 0.05) is 0 Å². The lowest BCUT2D eigenvalue weighted by atomic mass is 10.2. The second-order valence-corrected chi connectivity index (χ2v) is 9.37. The molecular weight excluding hydrogens is 180 g/mol. The Morgan fingerprint density at radius 2 is 1.92 bits per heavy atom. The van der Waals surface area contributed by atoms with E-state index in [1.54, 1.807) is 0 Å². The van der Waals surface area contributed by atoms with Crippen LogP contribution in [0.25, 0.3) is 0 Å². The molecule has 0 aliphatic rings. The van der Waals surface area contributed by atoms with E-state index in [0.29, 0.717) is 0 Å². The maximum atomic E-state index is 8.68. The minimum absolute atomic E-state index is 0.0614. The molecule has 0 fully saturated rings. The van der Waals surface area contributed by atoms with Crippen LogP contribution in [0, 0.1) is 0 Å². The zero-order valence-electron chi connectivity index (χ0n) is 11.3. The van der Waals surface area contributed by atoms with E-state index in [2.05, 4.69) is 33.9 Å². The lowest BCUT2D eigenvalue weighted by Crippen LogP contribution is -2.40. The number of aliphatic hydroxyl groups is 1. The van der Waals surface area contributed by atoms with Crippen molar-refractivity contribution in [1.82, 2.24) is 0 Å². The molecule has 78 valence electrons. The van der Waals surface area contributed by atoms with Crippen LogP contribution in [0.4, 0.5) is 0 Å². The van der Waals surface area contributed by atoms with E-state index in [-0.39, 0.29) is 30.4 Å². The normalized spacial score (nSPS) is 17.7. The van der Waals surface area contributed by atoms with Crippen molar-refractivity contribution in [2.75, 3.05) is 13.2 Å². The van der Waals surface area contributed by atoms with Crippen molar-refractivity contribution in [2.24, 2.45) is 0 Å². The Hall–Kier alpha value is -0.123. The first-order valence-electron chi connectivity index (χ1n) is 5.52. The molecule has 3 heteroatoms. The summed E-state index contributed by atoms with van der Waals surface area (Å²) < 4.78 is 20.5. The van der Waals surface area contributed by atoms with Crippen LogP contribution in [-0.4, -0.2) is 26.6 Å². The van der Waals surface area contributed by atoms with E-state index < -0.39 is 8.32 Å². The van der Waals surface area contributed by atoms with Crippen LogP contribution in [0.3, 0.4) is 0 Å². The summed E-state index contributed by atoms with van der Waals surface area (Å²) in [6, 6.07) is 0.0102. The van der Waals surface area contributed by atoms with Crippen molar-refractivity contribution in [3.05, 3.63) is 12.1 Å². The summed E-state index contributed by atoms with van der Waals surface area (Å²) in [6.07, 6.45) is 0. The van der Waals surface area contributed by atoms with Crippen LogP contribution in [0.2, 0.25) is 18.1 Å². The number of hydrogen-bond acceptors (Lipinski definition) is 2. The standard InChI is InChI=1S/C10H22O2Si/c1-10(2,3)13(4,5)12-9-7-6-8-11/h6-7,11H,8-9H2,1-5H3/b7-6+/i6D,7D. The highest BCUT2D eigenvalue weighted by Crippen LogP contribution is 2.36. The fourth-order valence-corrected chi connectivity index (χ4v) is 1.41. The molecule has 0 heterocycles. The largest absolute Gasteiger partial charge is 0.413 e. The molecule has 0 spiro atoms. The average molecular weight is 204 g/mol. The molecule has 0 saturated carbocycles. The van der Waals surface area contributed by atoms with Gasteiger partial charge in [0.25, 0.3) is 0 Å². The smallest absolute Gasteiger partial charge is 0.192 e. The maximum absolute atomic E-state index is 8.68. The SMILES string of the molecule is [2H]/C(CO)=C(/[2H])CO[Si](C)(C)C(C)(C)C. The van der Waals surface area contributed by atoms with Gasteiger partial charge in [0.1, 0.15) is 0 Å². The molecule has 0 rings (SSSR count). The van der Waals surface area contributed by atoms with E-state index in [4.69, 9.17) is 12.3 Å². The predicted octanol–water partition coefficient (Wildman–Crippen LogP) is 2.56. The molecule has 0 aromatic carbocycles. The number of rotatable bonds is 4. The molecule has 0 radical (unpaired) electrons. The molecule has 0 aromatic heterocycles. The lowest BCUT2D eigenvalue weighted by Gasteiger charge is -2.35. The average Bonchev–Trinajstić information content (AvgIpc) is 2.11. The van der Waals surface area contributed by atoms with E-state index in [0.717, 1.165) is 0 Å². The zero-order chi connectivity index (χ0) is 12.3. The zero-order valence-corrected chi connectivity index (χ0v) is 10.3. The molecule has 0 saturated heterocycles. The molecule has 0 bridgehead atoms. The van der Waals surface area contributed by atoms with Crippen LogP contribution in [0.15, 0.2) is 12.1 Å². The van der Waals surface area contributed by atoms with Crippen LogP contribution in [0.1, 0.15) is 23.5 Å². The summed E-state index contributed by atoms with van der Waals surface area (Å²) in [5.41, 5.74) is 0. The second-order valence-electron chi connectivity index (χ2n) is 4.56. The van der Waals surface area contributed by atoms with Gasteiger partial charge in [-0.2, -0.15) is 0 Å². The highest BCUT2D eigenvalue weighted by atomic mass is 28.4. The third kappa shape index (κ3) is 4.60. The molecule has 0 aliphatic carbocycles. The van der Waals surface area contributed by atoms with Gasteiger partial charge in [-0.1, -0.05) is 32.9 Å². The molecule has 0 atom stereocenters. The van der Waals surface area contributed by atoms with Crippen LogP contribution in [-0.2, 0) is 4.43 Å². The van der Waals surface area contributed by atoms with Gasteiger partial charge in [-0.05, 0) is 18.1 Å². The first kappa shape index (κ1) is 9.43. The summed E-state index contributed by atoms with van der Waals surface area (Å²) >= 11 is 0.